The second kappa shape index (κ2) is 13.9. The summed E-state index contributed by atoms with van der Waals surface area (Å²) in [7, 11) is -2.06. The molecular weight excluding hydrogens is 639 g/mol. The van der Waals surface area contributed by atoms with Crippen molar-refractivity contribution in [2.45, 2.75) is 56.3 Å². The van der Waals surface area contributed by atoms with Crippen molar-refractivity contribution in [2.24, 2.45) is 0 Å². The van der Waals surface area contributed by atoms with Gasteiger partial charge in [0.05, 0.1) is 24.8 Å². The molecule has 0 unspecified atom stereocenters. The third-order valence-electron chi connectivity index (χ3n) is 8.22. The Labute approximate surface area is 272 Å². The van der Waals surface area contributed by atoms with Crippen LogP contribution in [0.2, 0.25) is 10.0 Å². The zero-order valence-corrected chi connectivity index (χ0v) is 27.1. The van der Waals surface area contributed by atoms with Gasteiger partial charge in [0.15, 0.2) is 0 Å². The summed E-state index contributed by atoms with van der Waals surface area (Å²) in [6.45, 7) is -0.0249. The van der Waals surface area contributed by atoms with Crippen LogP contribution < -0.4 is 15.5 Å². The highest BCUT2D eigenvalue weighted by Crippen LogP contribution is 2.47. The topological polar surface area (TPSA) is 134 Å². The zero-order valence-electron chi connectivity index (χ0n) is 24.8. The molecule has 45 heavy (non-hydrogen) atoms. The van der Waals surface area contributed by atoms with Crippen molar-refractivity contribution in [1.82, 2.24) is 20.4 Å². The molecule has 0 spiro atoms. The molecule has 3 N–H and O–H groups in total. The first kappa shape index (κ1) is 32.9. The number of carbonyl (C=O) groups is 3. The van der Waals surface area contributed by atoms with Crippen LogP contribution in [0, 0.1) is 0 Å². The average Bonchev–Trinajstić information content (AvgIpc) is 3.00. The number of nitrogens with one attached hydrogen (secondary N) is 3. The molecule has 4 atom stereocenters. The Bertz CT molecular complexity index is 1720. The lowest BCUT2D eigenvalue weighted by molar-refractivity contribution is -0.138. The molecule has 13 heteroatoms. The predicted octanol–water partition coefficient (Wildman–Crippen LogP) is 4.74. The number of benzene rings is 3. The molecule has 10 nitrogen and oxygen atoms in total. The first-order valence-electron chi connectivity index (χ1n) is 14.5. The number of carbonyl (C=O) groups excluding carboxylic acids is 3. The van der Waals surface area contributed by atoms with Crippen LogP contribution in [0.25, 0.3) is 0 Å². The van der Waals surface area contributed by atoms with Gasteiger partial charge in [-0.1, -0.05) is 72.4 Å². The summed E-state index contributed by atoms with van der Waals surface area (Å²) in [6, 6.07) is 16.5. The van der Waals surface area contributed by atoms with Gasteiger partial charge in [-0.25, -0.2) is 18.6 Å². The molecule has 3 aromatic rings. The van der Waals surface area contributed by atoms with Crippen LogP contribution in [-0.2, 0) is 26.3 Å². The van der Waals surface area contributed by atoms with E-state index >= 15 is 0 Å². The molecule has 0 aromatic heterocycles. The standard InChI is InChI=1S/C32H34Cl2N4O6S/c1-35-30(39)20-9-7-8-19(16-20)18-44-36-31(40)28-22-10-3-4-11-23(22)32(41)38(29(28)24-15-14-21(33)17-25(24)34)27-13-6-5-12-26(27)37-45(2,42)43/h3-4,7-11,14-17,26-29,37H,5-6,12-13,18H2,1-2H3,(H,35,39)(H,36,40)/t26-,27-,28+,29-/m0/s1. The summed E-state index contributed by atoms with van der Waals surface area (Å²) in [5, 5.41) is 3.22. The fourth-order valence-electron chi connectivity index (χ4n) is 6.33. The van der Waals surface area contributed by atoms with Crippen LogP contribution in [-0.4, -0.2) is 56.4 Å². The van der Waals surface area contributed by atoms with Gasteiger partial charge in [0.25, 0.3) is 17.7 Å². The Morgan fingerprint density at radius 1 is 0.978 bits per heavy atom. The summed E-state index contributed by atoms with van der Waals surface area (Å²) < 4.78 is 27.5. The number of hydrogen-bond acceptors (Lipinski definition) is 6. The molecular formula is C32H34Cl2N4O6S. The fraction of sp³-hybridized carbons (Fsp3) is 0.344. The van der Waals surface area contributed by atoms with E-state index in [9.17, 15) is 22.8 Å². The van der Waals surface area contributed by atoms with E-state index in [1.807, 2.05) is 0 Å². The number of hydroxylamine groups is 1. The second-order valence-electron chi connectivity index (χ2n) is 11.3. The van der Waals surface area contributed by atoms with Gasteiger partial charge in [0.2, 0.25) is 10.0 Å². The highest BCUT2D eigenvalue weighted by Gasteiger charge is 2.49. The molecule has 5 rings (SSSR count). The molecule has 1 heterocycles. The molecule has 3 aromatic carbocycles. The van der Waals surface area contributed by atoms with E-state index in [2.05, 4.69) is 15.5 Å². The lowest BCUT2D eigenvalue weighted by Gasteiger charge is -2.49. The minimum absolute atomic E-state index is 0.0249. The number of rotatable bonds is 9. The number of sulfonamides is 1. The average molecular weight is 674 g/mol. The van der Waals surface area contributed by atoms with Gasteiger partial charge in [0.1, 0.15) is 0 Å². The van der Waals surface area contributed by atoms with Crippen molar-refractivity contribution < 1.29 is 27.6 Å². The third kappa shape index (κ3) is 7.34. The number of halogens is 2. The van der Waals surface area contributed by atoms with Crippen LogP contribution in [0.4, 0.5) is 0 Å². The predicted molar refractivity (Wildman–Crippen MR) is 171 cm³/mol. The van der Waals surface area contributed by atoms with Gasteiger partial charge >= 0.3 is 0 Å². The summed E-state index contributed by atoms with van der Waals surface area (Å²) in [5.74, 6) is -2.08. The van der Waals surface area contributed by atoms with Crippen molar-refractivity contribution in [1.29, 1.82) is 0 Å². The van der Waals surface area contributed by atoms with Crippen molar-refractivity contribution in [3.8, 4) is 0 Å². The minimum Gasteiger partial charge on any atom is -0.355 e. The maximum absolute atomic E-state index is 14.4. The Morgan fingerprint density at radius 3 is 2.47 bits per heavy atom. The van der Waals surface area contributed by atoms with Crippen molar-refractivity contribution >= 4 is 50.9 Å². The van der Waals surface area contributed by atoms with Gasteiger partial charge in [-0.2, -0.15) is 0 Å². The van der Waals surface area contributed by atoms with Crippen molar-refractivity contribution in [3.63, 3.8) is 0 Å². The molecule has 238 valence electrons. The van der Waals surface area contributed by atoms with E-state index in [0.717, 1.165) is 19.1 Å². The number of fused-ring (bicyclic) bond motifs is 1. The molecule has 0 bridgehead atoms. The third-order valence-corrected chi connectivity index (χ3v) is 9.51. The molecule has 1 saturated carbocycles. The van der Waals surface area contributed by atoms with E-state index in [4.69, 9.17) is 28.0 Å². The Morgan fingerprint density at radius 2 is 1.73 bits per heavy atom. The van der Waals surface area contributed by atoms with Crippen LogP contribution >= 0.6 is 23.2 Å². The molecule has 3 amide bonds. The maximum Gasteiger partial charge on any atom is 0.255 e. The highest BCUT2D eigenvalue weighted by molar-refractivity contribution is 7.88. The Balaban J connectivity index is 1.55. The molecule has 0 radical (unpaired) electrons. The molecule has 1 fully saturated rings. The first-order chi connectivity index (χ1) is 21.5. The van der Waals surface area contributed by atoms with Gasteiger partial charge in [-0.3, -0.25) is 19.2 Å². The smallest absolute Gasteiger partial charge is 0.255 e. The van der Waals surface area contributed by atoms with Gasteiger partial charge in [-0.15, -0.1) is 0 Å². The Kier molecular flexibility index (Phi) is 10.1. The molecule has 1 aliphatic carbocycles. The zero-order chi connectivity index (χ0) is 32.3. The van der Waals surface area contributed by atoms with Crippen LogP contribution in [0.5, 0.6) is 0 Å². The quantitative estimate of drug-likeness (QED) is 0.281. The van der Waals surface area contributed by atoms with Gasteiger partial charge < -0.3 is 10.2 Å². The summed E-state index contributed by atoms with van der Waals surface area (Å²) in [5.41, 5.74) is 4.98. The van der Waals surface area contributed by atoms with Gasteiger partial charge in [0, 0.05) is 40.3 Å². The van der Waals surface area contributed by atoms with Crippen LogP contribution in [0.3, 0.4) is 0 Å². The number of hydrogen-bond donors (Lipinski definition) is 3. The molecule has 2 aliphatic rings. The monoisotopic (exact) mass is 672 g/mol. The SMILES string of the molecule is CNC(=O)c1cccc(CONC(=O)[C@@H]2c3ccccc3C(=O)N([C@H]3CCCC[C@@H]3NS(C)(=O)=O)[C@H]2c2ccc(Cl)cc2Cl)c1. The highest BCUT2D eigenvalue weighted by atomic mass is 35.5. The van der Waals surface area contributed by atoms with Crippen molar-refractivity contribution in [3.05, 3.63) is 105 Å². The second-order valence-corrected chi connectivity index (χ2v) is 13.9. The van der Waals surface area contributed by atoms with E-state index in [1.54, 1.807) is 71.6 Å². The van der Waals surface area contributed by atoms with Crippen molar-refractivity contribution in [2.75, 3.05) is 13.3 Å². The lowest BCUT2D eigenvalue weighted by atomic mass is 9.76. The summed E-state index contributed by atoms with van der Waals surface area (Å²) in [6.07, 6.45) is 3.70. The fourth-order valence-corrected chi connectivity index (χ4v) is 7.67. The molecule has 0 saturated heterocycles. The van der Waals surface area contributed by atoms with E-state index in [-0.39, 0.29) is 23.4 Å². The Hall–Kier alpha value is -3.48. The van der Waals surface area contributed by atoms with E-state index in [0.29, 0.717) is 45.7 Å². The first-order valence-corrected chi connectivity index (χ1v) is 17.2. The summed E-state index contributed by atoms with van der Waals surface area (Å²) in [4.78, 5) is 47.9. The normalized spacial score (nSPS) is 21.6. The number of amides is 3. The number of nitrogens with zero attached hydrogens (tertiary/aromatic N) is 1. The summed E-state index contributed by atoms with van der Waals surface area (Å²) >= 11 is 13.0. The van der Waals surface area contributed by atoms with E-state index in [1.165, 1.54) is 7.05 Å². The molecule has 1 aliphatic heterocycles. The minimum atomic E-state index is -3.60. The van der Waals surface area contributed by atoms with Crippen LogP contribution in [0.15, 0.2) is 66.7 Å². The van der Waals surface area contributed by atoms with Gasteiger partial charge in [-0.05, 0) is 59.9 Å². The van der Waals surface area contributed by atoms with E-state index < -0.39 is 40.0 Å². The lowest BCUT2D eigenvalue weighted by Crippen LogP contribution is -2.59. The maximum atomic E-state index is 14.4. The van der Waals surface area contributed by atoms with Crippen LogP contribution in [0.1, 0.15) is 75.0 Å². The largest absolute Gasteiger partial charge is 0.355 e.